The number of nitrogens with zero attached hydrogens (tertiary/aromatic N) is 1. The third kappa shape index (κ3) is 2.65. The van der Waals surface area contributed by atoms with E-state index in [1.165, 1.54) is 0 Å². The lowest BCUT2D eigenvalue weighted by molar-refractivity contribution is 0.0961. The van der Waals surface area contributed by atoms with Crippen LogP contribution in [0.5, 0.6) is 0 Å². The molecule has 6 heteroatoms. The summed E-state index contributed by atoms with van der Waals surface area (Å²) >= 11 is 11.6. The third-order valence-corrected chi connectivity index (χ3v) is 8.28. The van der Waals surface area contributed by atoms with Gasteiger partial charge < -0.3 is 0 Å². The Morgan fingerprint density at radius 2 is 1.81 bits per heavy atom. The van der Waals surface area contributed by atoms with Crippen molar-refractivity contribution in [2.75, 3.05) is 4.90 Å². The molecule has 0 atom stereocenters. The number of hydrogen-bond acceptors (Lipinski definition) is 4. The van der Waals surface area contributed by atoms with Crippen LogP contribution >= 0.6 is 44.5 Å². The number of fused-ring (bicyclic) bond motifs is 3. The van der Waals surface area contributed by atoms with Crippen LogP contribution in [0.1, 0.15) is 34.6 Å². The first kappa shape index (κ1) is 17.9. The van der Waals surface area contributed by atoms with E-state index >= 15 is 0 Å². The predicted octanol–water partition coefficient (Wildman–Crippen LogP) is 7.06. The molecule has 0 saturated carbocycles. The minimum absolute atomic E-state index is 0.0354. The van der Waals surface area contributed by atoms with Crippen molar-refractivity contribution in [1.29, 1.82) is 0 Å². The number of hydrogen-bond donors (Lipinski definition) is 0. The molecule has 2 heterocycles. The van der Waals surface area contributed by atoms with Gasteiger partial charge in [-0.05, 0) is 57.2 Å². The lowest BCUT2D eigenvalue weighted by atomic mass is 9.86. The summed E-state index contributed by atoms with van der Waals surface area (Å²) in [5, 5.41) is 0.619. The van der Waals surface area contributed by atoms with Crippen LogP contribution in [0.15, 0.2) is 42.5 Å². The summed E-state index contributed by atoms with van der Waals surface area (Å²) in [7, 11) is 3.27. The Kier molecular flexibility index (Phi) is 4.31. The van der Waals surface area contributed by atoms with Gasteiger partial charge in [0.15, 0.2) is 0 Å². The van der Waals surface area contributed by atoms with E-state index in [9.17, 15) is 4.79 Å². The largest absolute Gasteiger partial charge is 0.297 e. The van der Waals surface area contributed by atoms with Crippen molar-refractivity contribution in [3.63, 3.8) is 0 Å². The number of carbonyl (C=O) groups is 1. The number of halogens is 1. The fraction of sp³-hybridized carbons (Fsp3) is 0.200. The van der Waals surface area contributed by atoms with Crippen LogP contribution in [0.3, 0.4) is 0 Å². The Labute approximate surface area is 170 Å². The van der Waals surface area contributed by atoms with Crippen molar-refractivity contribution in [2.24, 2.45) is 0 Å². The topological polar surface area (TPSA) is 20.3 Å². The zero-order valence-electron chi connectivity index (χ0n) is 14.5. The Hall–Kier alpha value is -1.53. The van der Waals surface area contributed by atoms with E-state index in [-0.39, 0.29) is 5.91 Å². The maximum atomic E-state index is 13.5. The number of carbonyl (C=O) groups excluding carboxylic acids is 1. The normalized spacial score (nSPS) is 14.7. The van der Waals surface area contributed by atoms with Gasteiger partial charge in [0.25, 0.3) is 5.91 Å². The molecule has 3 aromatic rings. The van der Waals surface area contributed by atoms with Crippen molar-refractivity contribution in [3.8, 4) is 11.1 Å². The molecule has 0 aliphatic carbocycles. The molecule has 0 bridgehead atoms. The first-order chi connectivity index (χ1) is 12.3. The number of benzene rings is 2. The second kappa shape index (κ2) is 6.27. The highest BCUT2D eigenvalue weighted by atomic mass is 35.5. The monoisotopic (exact) mass is 417 g/mol. The lowest BCUT2D eigenvalue weighted by Crippen LogP contribution is -2.47. The molecule has 1 aromatic heterocycles. The molecule has 2 nitrogen and oxygen atoms in total. The zero-order valence-corrected chi connectivity index (χ0v) is 17.7. The molecule has 132 valence electrons. The molecule has 0 saturated heterocycles. The summed E-state index contributed by atoms with van der Waals surface area (Å²) in [5.74, 6) is -0.0354. The fourth-order valence-corrected chi connectivity index (χ4v) is 6.84. The number of aryl methyl sites for hydroxylation is 1. The van der Waals surface area contributed by atoms with Gasteiger partial charge in [-0.15, -0.1) is 0 Å². The SMILES string of the molecule is Cc1ccc2c(c1)-c1c(ssc1=S)C(C)(C)N2C(=O)c1ccc(Cl)cc1. The average Bonchev–Trinajstić information content (AvgIpc) is 2.99. The molecule has 4 rings (SSSR count). The summed E-state index contributed by atoms with van der Waals surface area (Å²) in [6, 6.07) is 13.3. The maximum Gasteiger partial charge on any atom is 0.259 e. The van der Waals surface area contributed by atoms with Gasteiger partial charge in [-0.3, -0.25) is 9.69 Å². The van der Waals surface area contributed by atoms with E-state index in [1.54, 1.807) is 44.9 Å². The summed E-state index contributed by atoms with van der Waals surface area (Å²) in [6.07, 6.45) is 0. The van der Waals surface area contributed by atoms with Gasteiger partial charge in [-0.25, -0.2) is 0 Å². The molecule has 0 fully saturated rings. The maximum absolute atomic E-state index is 13.5. The third-order valence-electron chi connectivity index (χ3n) is 4.70. The van der Waals surface area contributed by atoms with Crippen LogP contribution in [0.25, 0.3) is 11.1 Å². The highest BCUT2D eigenvalue weighted by molar-refractivity contribution is 7.80. The molecule has 26 heavy (non-hydrogen) atoms. The first-order valence-corrected chi connectivity index (χ1v) is 11.1. The smallest absolute Gasteiger partial charge is 0.259 e. The average molecular weight is 418 g/mol. The molecule has 0 spiro atoms. The predicted molar refractivity (Wildman–Crippen MR) is 114 cm³/mol. The quantitative estimate of drug-likeness (QED) is 0.312. The van der Waals surface area contributed by atoms with Crippen LogP contribution in [0.2, 0.25) is 5.02 Å². The molecule has 1 aliphatic heterocycles. The van der Waals surface area contributed by atoms with E-state index in [2.05, 4.69) is 26.8 Å². The number of amides is 1. The van der Waals surface area contributed by atoms with E-state index < -0.39 is 5.54 Å². The summed E-state index contributed by atoms with van der Waals surface area (Å²) in [6.45, 7) is 6.23. The molecule has 0 unspecified atom stereocenters. The highest BCUT2D eigenvalue weighted by Gasteiger charge is 2.43. The lowest BCUT2D eigenvalue weighted by Gasteiger charge is -2.43. The molecule has 1 amide bonds. The minimum Gasteiger partial charge on any atom is -0.297 e. The fourth-order valence-electron chi connectivity index (χ4n) is 3.43. The second-order valence-electron chi connectivity index (χ2n) is 6.89. The van der Waals surface area contributed by atoms with Crippen molar-refractivity contribution in [1.82, 2.24) is 0 Å². The van der Waals surface area contributed by atoms with Gasteiger partial charge in [0.1, 0.15) is 3.82 Å². The van der Waals surface area contributed by atoms with Crippen molar-refractivity contribution in [3.05, 3.63) is 67.3 Å². The van der Waals surface area contributed by atoms with Crippen molar-refractivity contribution in [2.45, 2.75) is 26.3 Å². The Morgan fingerprint density at radius 1 is 1.12 bits per heavy atom. The second-order valence-corrected chi connectivity index (χ2v) is 10.1. The molecule has 0 radical (unpaired) electrons. The van der Waals surface area contributed by atoms with Crippen LogP contribution in [0, 0.1) is 10.7 Å². The molecular weight excluding hydrogens is 402 g/mol. The highest BCUT2D eigenvalue weighted by Crippen LogP contribution is 2.52. The zero-order chi connectivity index (χ0) is 18.6. The van der Waals surface area contributed by atoms with Gasteiger partial charge in [-0.1, -0.05) is 56.1 Å². The van der Waals surface area contributed by atoms with Gasteiger partial charge in [0.2, 0.25) is 0 Å². The van der Waals surface area contributed by atoms with E-state index in [4.69, 9.17) is 23.8 Å². The molecule has 0 N–H and O–H groups in total. The first-order valence-electron chi connectivity index (χ1n) is 8.15. The Bertz CT molecular complexity index is 1080. The molecule has 1 aliphatic rings. The van der Waals surface area contributed by atoms with Crippen LogP contribution in [0.4, 0.5) is 5.69 Å². The summed E-state index contributed by atoms with van der Waals surface area (Å²) < 4.78 is 0.892. The van der Waals surface area contributed by atoms with Gasteiger partial charge in [0.05, 0.1) is 16.1 Å². The Morgan fingerprint density at radius 3 is 2.50 bits per heavy atom. The van der Waals surface area contributed by atoms with Gasteiger partial charge in [0, 0.05) is 21.7 Å². The standard InChI is InChI=1S/C20H16ClNOS3/c1-11-4-9-15-14(10-11)16-17(25-26-19(16)24)20(2,3)22(15)18(23)12-5-7-13(21)8-6-12/h4-10H,1-3H3. The minimum atomic E-state index is -0.480. The van der Waals surface area contributed by atoms with Crippen molar-refractivity contribution >= 4 is 56.1 Å². The van der Waals surface area contributed by atoms with E-state index in [0.29, 0.717) is 10.6 Å². The molecular formula is C20H16ClNOS3. The van der Waals surface area contributed by atoms with Crippen LogP contribution in [-0.4, -0.2) is 5.91 Å². The van der Waals surface area contributed by atoms with Crippen molar-refractivity contribution < 1.29 is 4.79 Å². The van der Waals surface area contributed by atoms with Gasteiger partial charge in [-0.2, -0.15) is 0 Å². The van der Waals surface area contributed by atoms with Crippen LogP contribution in [-0.2, 0) is 5.54 Å². The van der Waals surface area contributed by atoms with E-state index in [1.807, 2.05) is 17.0 Å². The number of anilines is 1. The number of rotatable bonds is 1. The molecule has 2 aromatic carbocycles. The van der Waals surface area contributed by atoms with Gasteiger partial charge >= 0.3 is 0 Å². The van der Waals surface area contributed by atoms with Crippen LogP contribution < -0.4 is 4.90 Å². The Balaban J connectivity index is 1.97. The van der Waals surface area contributed by atoms with E-state index in [0.717, 1.165) is 31.1 Å². The summed E-state index contributed by atoms with van der Waals surface area (Å²) in [4.78, 5) is 16.5. The summed E-state index contributed by atoms with van der Waals surface area (Å²) in [5.41, 5.74) is 4.36.